The zero-order valence-electron chi connectivity index (χ0n) is 18.8. The number of likely N-dealkylation sites (tertiary alicyclic amines) is 1. The van der Waals surface area contributed by atoms with Crippen LogP contribution in [-0.4, -0.2) is 79.5 Å². The van der Waals surface area contributed by atoms with E-state index in [-0.39, 0.29) is 17.4 Å². The maximum atomic E-state index is 13.1. The lowest BCUT2D eigenvalue weighted by Crippen LogP contribution is -2.56. The predicted molar refractivity (Wildman–Crippen MR) is 119 cm³/mol. The number of ether oxygens (including phenoxy) is 2. The Balaban J connectivity index is 1.36. The number of hydrogen-bond acceptors (Lipinski definition) is 6. The van der Waals surface area contributed by atoms with E-state index in [0.717, 1.165) is 50.5 Å². The minimum atomic E-state index is -0.624. The molecule has 3 aliphatic rings. The zero-order valence-corrected chi connectivity index (χ0v) is 18.8. The molecule has 0 aliphatic carbocycles. The first-order chi connectivity index (χ1) is 14.9. The highest BCUT2D eigenvalue weighted by atomic mass is 16.5. The van der Waals surface area contributed by atoms with Crippen LogP contribution in [0.5, 0.6) is 5.75 Å². The van der Waals surface area contributed by atoms with Crippen molar-refractivity contribution in [2.75, 3.05) is 51.3 Å². The number of anilines is 1. The molecule has 2 fully saturated rings. The van der Waals surface area contributed by atoms with E-state index in [9.17, 15) is 9.59 Å². The van der Waals surface area contributed by atoms with E-state index >= 15 is 0 Å². The number of ketones is 1. The third kappa shape index (κ3) is 4.87. The van der Waals surface area contributed by atoms with E-state index in [1.54, 1.807) is 7.11 Å². The molecule has 1 aromatic carbocycles. The van der Waals surface area contributed by atoms with Crippen molar-refractivity contribution in [2.24, 2.45) is 0 Å². The summed E-state index contributed by atoms with van der Waals surface area (Å²) >= 11 is 0. The van der Waals surface area contributed by atoms with Gasteiger partial charge in [0.25, 0.3) is 5.91 Å². The third-order valence-electron chi connectivity index (χ3n) is 6.43. The lowest BCUT2D eigenvalue weighted by atomic mass is 9.97. The number of carbonyl (C=O) groups is 2. The van der Waals surface area contributed by atoms with Crippen LogP contribution in [0, 0.1) is 0 Å². The van der Waals surface area contributed by atoms with E-state index in [4.69, 9.17) is 9.47 Å². The molecular formula is C24H33N3O4. The number of carbonyl (C=O) groups excluding carboxylic acids is 2. The topological polar surface area (TPSA) is 62.3 Å². The van der Waals surface area contributed by atoms with Crippen molar-refractivity contribution in [2.45, 2.75) is 44.8 Å². The first-order valence-electron chi connectivity index (χ1n) is 11.2. The van der Waals surface area contributed by atoms with Gasteiger partial charge in [0.1, 0.15) is 11.4 Å². The number of methoxy groups -OCH3 is 1. The molecule has 0 saturated carbocycles. The first-order valence-corrected chi connectivity index (χ1v) is 11.2. The summed E-state index contributed by atoms with van der Waals surface area (Å²) in [6.07, 6.45) is 3.74. The molecule has 168 valence electrons. The molecule has 0 radical (unpaired) electrons. The van der Waals surface area contributed by atoms with Gasteiger partial charge >= 0.3 is 0 Å². The molecular weight excluding hydrogens is 394 g/mol. The van der Waals surface area contributed by atoms with Gasteiger partial charge in [0.2, 0.25) is 0 Å². The lowest BCUT2D eigenvalue weighted by Gasteiger charge is -2.44. The molecule has 2 saturated heterocycles. The molecule has 1 atom stereocenters. The van der Waals surface area contributed by atoms with Crippen LogP contribution in [0.25, 0.3) is 0 Å². The van der Waals surface area contributed by atoms with Crippen molar-refractivity contribution in [1.82, 2.24) is 9.80 Å². The molecule has 7 nitrogen and oxygen atoms in total. The number of amides is 1. The molecule has 7 heteroatoms. The highest BCUT2D eigenvalue weighted by molar-refractivity contribution is 6.01. The molecule has 1 amide bonds. The van der Waals surface area contributed by atoms with Crippen LogP contribution in [0.15, 0.2) is 36.1 Å². The Labute approximate surface area is 184 Å². The van der Waals surface area contributed by atoms with Crippen LogP contribution in [-0.2, 0) is 14.3 Å². The third-order valence-corrected chi connectivity index (χ3v) is 6.43. The van der Waals surface area contributed by atoms with Gasteiger partial charge in [-0.15, -0.1) is 0 Å². The van der Waals surface area contributed by atoms with Gasteiger partial charge in [-0.1, -0.05) is 12.1 Å². The molecule has 31 heavy (non-hydrogen) atoms. The number of allylic oxidation sites excluding steroid dienone is 1. The molecule has 0 aromatic heterocycles. The normalized spacial score (nSPS) is 24.4. The molecule has 0 N–H and O–H groups in total. The number of piperidine rings is 1. The van der Waals surface area contributed by atoms with Crippen LogP contribution in [0.2, 0.25) is 0 Å². The Bertz CT molecular complexity index is 858. The van der Waals surface area contributed by atoms with Crippen LogP contribution < -0.4 is 9.64 Å². The summed E-state index contributed by atoms with van der Waals surface area (Å²) in [6, 6.07) is 8.48. The Hall–Kier alpha value is -2.54. The van der Waals surface area contributed by atoms with Gasteiger partial charge in [0.15, 0.2) is 11.5 Å². The average molecular weight is 428 g/mol. The van der Waals surface area contributed by atoms with Gasteiger partial charge in [0, 0.05) is 57.8 Å². The maximum absolute atomic E-state index is 13.1. The number of para-hydroxylation sites is 2. The van der Waals surface area contributed by atoms with Crippen LogP contribution >= 0.6 is 0 Å². The van der Waals surface area contributed by atoms with E-state index in [2.05, 4.69) is 15.9 Å². The average Bonchev–Trinajstić information content (AvgIpc) is 2.77. The van der Waals surface area contributed by atoms with Crippen molar-refractivity contribution in [1.29, 1.82) is 0 Å². The molecule has 3 heterocycles. The highest BCUT2D eigenvalue weighted by Gasteiger charge is 2.36. The van der Waals surface area contributed by atoms with Crippen molar-refractivity contribution in [3.05, 3.63) is 36.1 Å². The van der Waals surface area contributed by atoms with E-state index in [0.29, 0.717) is 25.6 Å². The maximum Gasteiger partial charge on any atom is 0.289 e. The fourth-order valence-corrected chi connectivity index (χ4v) is 4.90. The highest BCUT2D eigenvalue weighted by Crippen LogP contribution is 2.30. The van der Waals surface area contributed by atoms with Gasteiger partial charge in [-0.05, 0) is 38.8 Å². The molecule has 0 spiro atoms. The molecule has 3 aliphatic heterocycles. The molecule has 1 aromatic rings. The second-order valence-electron chi connectivity index (χ2n) is 9.26. The summed E-state index contributed by atoms with van der Waals surface area (Å²) in [5.41, 5.74) is 0.514. The van der Waals surface area contributed by atoms with E-state index in [1.165, 1.54) is 6.08 Å². The number of piperazine rings is 1. The van der Waals surface area contributed by atoms with E-state index < -0.39 is 5.60 Å². The molecule has 0 bridgehead atoms. The minimum absolute atomic E-state index is 0.0411. The summed E-state index contributed by atoms with van der Waals surface area (Å²) in [5.74, 6) is 0.908. The van der Waals surface area contributed by atoms with Gasteiger partial charge in [-0.25, -0.2) is 0 Å². The lowest BCUT2D eigenvalue weighted by molar-refractivity contribution is -0.139. The molecule has 0 unspecified atom stereocenters. The van der Waals surface area contributed by atoms with Gasteiger partial charge in [-0.3, -0.25) is 14.5 Å². The quantitative estimate of drug-likeness (QED) is 0.736. The van der Waals surface area contributed by atoms with Crippen molar-refractivity contribution in [3.8, 4) is 5.75 Å². The summed E-state index contributed by atoms with van der Waals surface area (Å²) in [5, 5.41) is 0. The van der Waals surface area contributed by atoms with Crippen molar-refractivity contribution in [3.63, 3.8) is 0 Å². The Morgan fingerprint density at radius 3 is 2.58 bits per heavy atom. The van der Waals surface area contributed by atoms with Crippen molar-refractivity contribution >= 4 is 17.4 Å². The minimum Gasteiger partial charge on any atom is -0.495 e. The number of rotatable bonds is 4. The standard InChI is InChI=1S/C24H33N3O4/c1-24(2)16-19(28)15-22(31-24)23(29)27-10-6-7-18(17-27)25-11-13-26(14-12-25)20-8-4-5-9-21(20)30-3/h4-5,8-9,15,18H,6-7,10-14,16-17H2,1-3H3/t18-/m0/s1. The van der Waals surface area contributed by atoms with Crippen LogP contribution in [0.3, 0.4) is 0 Å². The summed E-state index contributed by atoms with van der Waals surface area (Å²) < 4.78 is 11.4. The summed E-state index contributed by atoms with van der Waals surface area (Å²) in [4.78, 5) is 31.8. The Kier molecular flexibility index (Phi) is 6.23. The first kappa shape index (κ1) is 21.7. The monoisotopic (exact) mass is 427 g/mol. The number of nitrogens with zero attached hydrogens (tertiary/aromatic N) is 3. The summed E-state index contributed by atoms with van der Waals surface area (Å²) in [6.45, 7) is 8.87. The van der Waals surface area contributed by atoms with Gasteiger partial charge < -0.3 is 19.3 Å². The Morgan fingerprint density at radius 2 is 1.87 bits per heavy atom. The second-order valence-corrected chi connectivity index (χ2v) is 9.26. The summed E-state index contributed by atoms with van der Waals surface area (Å²) in [7, 11) is 1.71. The smallest absolute Gasteiger partial charge is 0.289 e. The molecule has 4 rings (SSSR count). The number of benzene rings is 1. The largest absolute Gasteiger partial charge is 0.495 e. The van der Waals surface area contributed by atoms with Crippen LogP contribution in [0.4, 0.5) is 5.69 Å². The van der Waals surface area contributed by atoms with Crippen molar-refractivity contribution < 1.29 is 19.1 Å². The Morgan fingerprint density at radius 1 is 1.13 bits per heavy atom. The number of hydrogen-bond donors (Lipinski definition) is 0. The SMILES string of the molecule is COc1ccccc1N1CCN([C@H]2CCCN(C(=O)C3=CC(=O)CC(C)(C)O3)C2)CC1. The predicted octanol–water partition coefficient (Wildman–Crippen LogP) is 2.46. The fourth-order valence-electron chi connectivity index (χ4n) is 4.90. The van der Waals surface area contributed by atoms with Gasteiger partial charge in [0.05, 0.1) is 12.8 Å². The van der Waals surface area contributed by atoms with Crippen LogP contribution in [0.1, 0.15) is 33.1 Å². The van der Waals surface area contributed by atoms with Gasteiger partial charge in [-0.2, -0.15) is 0 Å². The zero-order chi connectivity index (χ0) is 22.0. The van der Waals surface area contributed by atoms with E-state index in [1.807, 2.05) is 36.9 Å². The fraction of sp³-hybridized carbons (Fsp3) is 0.583. The second kappa shape index (κ2) is 8.91.